The van der Waals surface area contributed by atoms with Crippen LogP contribution < -0.4 is 10.9 Å². The lowest BCUT2D eigenvalue weighted by atomic mass is 10.2. The molecule has 6 heteroatoms. The summed E-state index contributed by atoms with van der Waals surface area (Å²) in [6.07, 6.45) is 0. The smallest absolute Gasteiger partial charge is 0.259 e. The van der Waals surface area contributed by atoms with Crippen molar-refractivity contribution in [2.24, 2.45) is 0 Å². The molecule has 3 rings (SSSR count). The fraction of sp³-hybridized carbons (Fsp3) is 0.200. The Morgan fingerprint density at radius 2 is 2.14 bits per heavy atom. The molecule has 1 aromatic carbocycles. The van der Waals surface area contributed by atoms with Gasteiger partial charge in [0.1, 0.15) is 0 Å². The number of aryl methyl sites for hydroxylation is 2. The average molecular weight is 320 g/mol. The first-order valence-electron chi connectivity index (χ1n) is 6.51. The highest BCUT2D eigenvalue weighted by atomic mass is 35.5. The molecule has 0 bridgehead atoms. The Morgan fingerprint density at radius 1 is 1.33 bits per heavy atom. The second-order valence-electron chi connectivity index (χ2n) is 4.92. The third-order valence-corrected chi connectivity index (χ3v) is 4.47. The second kappa shape index (κ2) is 5.50. The Hall–Kier alpha value is -1.85. The van der Waals surface area contributed by atoms with Crippen LogP contribution >= 0.6 is 22.9 Å². The van der Waals surface area contributed by atoms with Gasteiger partial charge in [0.2, 0.25) is 0 Å². The summed E-state index contributed by atoms with van der Waals surface area (Å²) in [6, 6.07) is 7.38. The van der Waals surface area contributed by atoms with Gasteiger partial charge in [0.25, 0.3) is 5.56 Å². The summed E-state index contributed by atoms with van der Waals surface area (Å²) in [5, 5.41) is 5.81. The molecule has 1 N–H and O–H groups in total. The maximum absolute atomic E-state index is 12.1. The molecule has 0 atom stereocenters. The van der Waals surface area contributed by atoms with E-state index in [1.54, 1.807) is 10.5 Å². The number of anilines is 1. The van der Waals surface area contributed by atoms with Gasteiger partial charge < -0.3 is 5.32 Å². The Balaban J connectivity index is 1.87. The minimum absolute atomic E-state index is 0.0504. The summed E-state index contributed by atoms with van der Waals surface area (Å²) in [7, 11) is 0. The molecule has 3 aromatic rings. The fourth-order valence-electron chi connectivity index (χ4n) is 2.14. The van der Waals surface area contributed by atoms with Crippen molar-refractivity contribution in [3.8, 4) is 0 Å². The van der Waals surface area contributed by atoms with Crippen LogP contribution in [-0.4, -0.2) is 9.38 Å². The Kier molecular flexibility index (Phi) is 3.69. The first kappa shape index (κ1) is 14.1. The van der Waals surface area contributed by atoms with E-state index in [9.17, 15) is 4.79 Å². The lowest BCUT2D eigenvalue weighted by Gasteiger charge is -2.08. The van der Waals surface area contributed by atoms with Gasteiger partial charge in [-0.05, 0) is 31.5 Å². The minimum atomic E-state index is -0.0504. The number of aromatic nitrogens is 2. The highest BCUT2D eigenvalue weighted by Crippen LogP contribution is 2.23. The van der Waals surface area contributed by atoms with Gasteiger partial charge in [-0.15, -0.1) is 11.3 Å². The molecule has 2 aromatic heterocycles. The number of hydrogen-bond acceptors (Lipinski definition) is 4. The minimum Gasteiger partial charge on any atom is -0.378 e. The van der Waals surface area contributed by atoms with Crippen LogP contribution in [0.4, 0.5) is 5.69 Å². The van der Waals surface area contributed by atoms with Gasteiger partial charge in [-0.2, -0.15) is 0 Å². The highest BCUT2D eigenvalue weighted by molar-refractivity contribution is 7.15. The van der Waals surface area contributed by atoms with Crippen LogP contribution in [0.5, 0.6) is 0 Å². The summed E-state index contributed by atoms with van der Waals surface area (Å²) in [5.41, 5.74) is 3.52. The van der Waals surface area contributed by atoms with Gasteiger partial charge in [0, 0.05) is 17.1 Å². The molecule has 0 aliphatic carbocycles. The summed E-state index contributed by atoms with van der Waals surface area (Å²) in [5.74, 6) is 0. The molecule has 0 amide bonds. The first-order chi connectivity index (χ1) is 10.0. The third kappa shape index (κ3) is 2.80. The lowest BCUT2D eigenvalue weighted by Crippen LogP contribution is -2.16. The van der Waals surface area contributed by atoms with Crippen molar-refractivity contribution in [3.63, 3.8) is 0 Å². The molecular formula is C15H14ClN3OS. The Bertz CT molecular complexity index is 869. The van der Waals surface area contributed by atoms with Crippen molar-refractivity contribution < 1.29 is 0 Å². The Morgan fingerprint density at radius 3 is 2.90 bits per heavy atom. The van der Waals surface area contributed by atoms with Crippen LogP contribution in [0.2, 0.25) is 5.02 Å². The van der Waals surface area contributed by atoms with Crippen molar-refractivity contribution in [2.75, 3.05) is 5.32 Å². The quantitative estimate of drug-likeness (QED) is 0.801. The predicted octanol–water partition coefficient (Wildman–Crippen LogP) is 3.64. The summed E-state index contributed by atoms with van der Waals surface area (Å²) in [6.45, 7) is 4.35. The largest absolute Gasteiger partial charge is 0.378 e. The maximum atomic E-state index is 12.1. The van der Waals surface area contributed by atoms with E-state index in [2.05, 4.69) is 10.3 Å². The maximum Gasteiger partial charge on any atom is 0.259 e. The number of fused-ring (bicyclic) bond motifs is 1. The zero-order valence-corrected chi connectivity index (χ0v) is 13.3. The molecule has 0 saturated carbocycles. The number of hydrogen-bond donors (Lipinski definition) is 1. The van der Waals surface area contributed by atoms with Gasteiger partial charge in [-0.3, -0.25) is 9.20 Å². The van der Waals surface area contributed by atoms with E-state index in [-0.39, 0.29) is 5.56 Å². The summed E-state index contributed by atoms with van der Waals surface area (Å²) in [4.78, 5) is 17.3. The number of nitrogens with zero attached hydrogens (tertiary/aromatic N) is 2. The van der Waals surface area contributed by atoms with Crippen LogP contribution in [0, 0.1) is 13.8 Å². The van der Waals surface area contributed by atoms with E-state index in [0.717, 1.165) is 16.9 Å². The molecule has 4 nitrogen and oxygen atoms in total. The van der Waals surface area contributed by atoms with Gasteiger partial charge in [0.15, 0.2) is 4.96 Å². The number of halogens is 1. The van der Waals surface area contributed by atoms with Crippen molar-refractivity contribution in [2.45, 2.75) is 20.4 Å². The van der Waals surface area contributed by atoms with Crippen molar-refractivity contribution in [1.29, 1.82) is 0 Å². The van der Waals surface area contributed by atoms with Gasteiger partial charge in [-0.25, -0.2) is 4.98 Å². The number of thiazole rings is 1. The Labute approximate surface area is 131 Å². The van der Waals surface area contributed by atoms with E-state index in [4.69, 9.17) is 11.6 Å². The molecule has 0 aliphatic heterocycles. The molecule has 0 saturated heterocycles. The molecule has 0 unspecified atom stereocenters. The molecule has 0 spiro atoms. The second-order valence-corrected chi connectivity index (χ2v) is 6.16. The van der Waals surface area contributed by atoms with E-state index in [1.165, 1.54) is 11.3 Å². The topological polar surface area (TPSA) is 46.4 Å². The molecule has 108 valence electrons. The molecule has 0 aliphatic rings. The summed E-state index contributed by atoms with van der Waals surface area (Å²) < 4.78 is 1.62. The SMILES string of the molecule is Cc1ccc(NCc2cc(=O)n3c(C)csc3n2)c(Cl)c1. The molecule has 21 heavy (non-hydrogen) atoms. The van der Waals surface area contributed by atoms with Crippen molar-refractivity contribution in [1.82, 2.24) is 9.38 Å². The standard InChI is InChI=1S/C15H14ClN3OS/c1-9-3-4-13(12(16)5-9)17-7-11-6-14(20)19-10(2)8-21-15(19)18-11/h3-6,8,17H,7H2,1-2H3. The van der Waals surface area contributed by atoms with Crippen LogP contribution in [-0.2, 0) is 6.54 Å². The predicted molar refractivity (Wildman–Crippen MR) is 87.6 cm³/mol. The van der Waals surface area contributed by atoms with Crippen molar-refractivity contribution >= 4 is 33.6 Å². The van der Waals surface area contributed by atoms with Crippen LogP contribution in [0.1, 0.15) is 17.0 Å². The zero-order chi connectivity index (χ0) is 15.0. The van der Waals surface area contributed by atoms with E-state index < -0.39 is 0 Å². The third-order valence-electron chi connectivity index (χ3n) is 3.21. The number of nitrogens with one attached hydrogen (secondary N) is 1. The fourth-order valence-corrected chi connectivity index (χ4v) is 3.33. The van der Waals surface area contributed by atoms with Gasteiger partial charge >= 0.3 is 0 Å². The number of rotatable bonds is 3. The molecule has 2 heterocycles. The van der Waals surface area contributed by atoms with E-state index >= 15 is 0 Å². The van der Waals surface area contributed by atoms with Crippen LogP contribution in [0.3, 0.4) is 0 Å². The van der Waals surface area contributed by atoms with E-state index in [1.807, 2.05) is 37.4 Å². The van der Waals surface area contributed by atoms with Crippen LogP contribution in [0.25, 0.3) is 4.96 Å². The molecule has 0 fully saturated rings. The number of benzene rings is 1. The first-order valence-corrected chi connectivity index (χ1v) is 7.77. The molecular weight excluding hydrogens is 306 g/mol. The van der Waals surface area contributed by atoms with Gasteiger partial charge in [-0.1, -0.05) is 17.7 Å². The van der Waals surface area contributed by atoms with Gasteiger partial charge in [0.05, 0.1) is 22.9 Å². The monoisotopic (exact) mass is 319 g/mol. The average Bonchev–Trinajstić information content (AvgIpc) is 2.80. The normalized spacial score (nSPS) is 11.0. The highest BCUT2D eigenvalue weighted by Gasteiger charge is 2.07. The van der Waals surface area contributed by atoms with Crippen LogP contribution in [0.15, 0.2) is 34.4 Å². The lowest BCUT2D eigenvalue weighted by molar-refractivity contribution is 0.965. The van der Waals surface area contributed by atoms with E-state index in [0.29, 0.717) is 22.2 Å². The molecule has 0 radical (unpaired) electrons. The zero-order valence-electron chi connectivity index (χ0n) is 11.7. The summed E-state index contributed by atoms with van der Waals surface area (Å²) >= 11 is 7.65. The van der Waals surface area contributed by atoms with Crippen molar-refractivity contribution in [3.05, 3.63) is 62.0 Å².